The van der Waals surface area contributed by atoms with E-state index in [2.05, 4.69) is 175 Å². The van der Waals surface area contributed by atoms with Crippen LogP contribution in [0.4, 0.5) is 0 Å². The fraction of sp³-hybridized carbons (Fsp3) is 0.800. The van der Waals surface area contributed by atoms with Crippen molar-refractivity contribution in [3.63, 3.8) is 0 Å². The van der Waals surface area contributed by atoms with Gasteiger partial charge < -0.3 is 0 Å². The van der Waals surface area contributed by atoms with Crippen LogP contribution in [0.15, 0.2) is 0 Å². The number of halogens is 11. The molecule has 11 heteroatoms. The van der Waals surface area contributed by atoms with Gasteiger partial charge in [-0.3, -0.25) is 0 Å². The highest BCUT2D eigenvalue weighted by molar-refractivity contribution is 9.42. The van der Waals surface area contributed by atoms with Gasteiger partial charge in [-0.15, -0.1) is 0 Å². The zero-order chi connectivity index (χ0) is 13.6. The summed E-state index contributed by atoms with van der Waals surface area (Å²) >= 11 is 38.8. The van der Waals surface area contributed by atoms with Crippen molar-refractivity contribution in [1.29, 1.82) is 0 Å². The maximum absolute atomic E-state index is 3.69. The van der Waals surface area contributed by atoms with Crippen molar-refractivity contribution in [3.8, 4) is 0 Å². The van der Waals surface area contributed by atoms with Gasteiger partial charge in [0.15, 0.2) is 4.29 Å². The van der Waals surface area contributed by atoms with Crippen molar-refractivity contribution in [2.75, 3.05) is 0 Å². The number of hydrogen-bond donors (Lipinski definition) is 0. The highest BCUT2D eigenvalue weighted by Crippen LogP contribution is 2.72. The van der Waals surface area contributed by atoms with Gasteiger partial charge in [-0.25, -0.2) is 0 Å². The van der Waals surface area contributed by atoms with E-state index >= 15 is 0 Å². The summed E-state index contributed by atoms with van der Waals surface area (Å²) in [4.78, 5) is 0. The van der Waals surface area contributed by atoms with Crippen molar-refractivity contribution in [1.82, 2.24) is 0 Å². The summed E-state index contributed by atoms with van der Waals surface area (Å²) in [5, 5.41) is 0. The number of rotatable bonds is 2. The molecule has 0 saturated carbocycles. The molecule has 0 unspecified atom stereocenters. The monoisotopic (exact) mass is 928 g/mol. The molecule has 0 nitrogen and oxygen atoms in total. The normalized spacial score (nSPS) is 15.8. The maximum atomic E-state index is 3.69. The van der Waals surface area contributed by atoms with Crippen molar-refractivity contribution in [3.05, 3.63) is 3.74 Å². The molecule has 0 rings (SSSR count). The van der Waals surface area contributed by atoms with Gasteiger partial charge >= 0.3 is 0 Å². The molecule has 16 heavy (non-hydrogen) atoms. The Kier molecular flexibility index (Phi) is 9.62. The van der Waals surface area contributed by atoms with E-state index in [1.807, 2.05) is 0 Å². The lowest BCUT2D eigenvalue weighted by molar-refractivity contribution is 0.689. The summed E-state index contributed by atoms with van der Waals surface area (Å²) in [6, 6.07) is 0. The molecule has 0 aromatic carbocycles. The SMILES string of the molecule is Br[C](Br)C(Br)(Br)C(Br)(C(Br)(Br)Br)C(Br)(Br)Br. The van der Waals surface area contributed by atoms with E-state index < -0.39 is 11.8 Å². The summed E-state index contributed by atoms with van der Waals surface area (Å²) < 4.78 is -1.91. The average molecular weight is 939 g/mol. The third-order valence-electron chi connectivity index (χ3n) is 1.45. The van der Waals surface area contributed by atoms with E-state index in [4.69, 9.17) is 0 Å². The molecule has 0 N–H and O–H groups in total. The quantitative estimate of drug-likeness (QED) is 0.244. The zero-order valence-electron chi connectivity index (χ0n) is 6.66. The average Bonchev–Trinajstić information content (AvgIpc) is 1.97. The Morgan fingerprint density at radius 1 is 0.562 bits per heavy atom. The van der Waals surface area contributed by atoms with Gasteiger partial charge in [0, 0.05) is 0 Å². The van der Waals surface area contributed by atoms with Crippen LogP contribution in [0.25, 0.3) is 0 Å². The summed E-state index contributed by atoms with van der Waals surface area (Å²) in [5.41, 5.74) is 0. The van der Waals surface area contributed by atoms with Crippen LogP contribution < -0.4 is 0 Å². The second-order valence-electron chi connectivity index (χ2n) is 2.49. The second-order valence-corrected chi connectivity index (χ2v) is 23.3. The van der Waals surface area contributed by atoms with Crippen LogP contribution in [0.1, 0.15) is 0 Å². The standard InChI is InChI=1S/C5Br11/c6-1(7)2(8,9)3(10,4(11,12)13)5(14,15)16. The van der Waals surface area contributed by atoms with Gasteiger partial charge in [-0.05, 0) is 0 Å². The Morgan fingerprint density at radius 2 is 0.812 bits per heavy atom. The molecule has 0 saturated heterocycles. The van der Waals surface area contributed by atoms with Crippen molar-refractivity contribution < 1.29 is 0 Å². The van der Waals surface area contributed by atoms with E-state index in [1.165, 1.54) is 0 Å². The van der Waals surface area contributed by atoms with E-state index in [0.717, 1.165) is 3.74 Å². The second kappa shape index (κ2) is 7.23. The van der Waals surface area contributed by atoms with Crippen LogP contribution in [0.3, 0.4) is 0 Å². The van der Waals surface area contributed by atoms with E-state index in [0.29, 0.717) is 0 Å². The molecule has 0 heterocycles. The third-order valence-corrected chi connectivity index (χ3v) is 16.4. The van der Waals surface area contributed by atoms with Gasteiger partial charge in [0.05, 0.1) is 0 Å². The predicted molar refractivity (Wildman–Crippen MR) is 112 cm³/mol. The molecule has 0 amide bonds. The molecule has 1 radical (unpaired) electrons. The summed E-state index contributed by atoms with van der Waals surface area (Å²) in [6.07, 6.45) is 0. The molecule has 0 aliphatic rings. The third kappa shape index (κ3) is 4.40. The van der Waals surface area contributed by atoms with Crippen LogP contribution in [-0.4, -0.2) is 11.8 Å². The van der Waals surface area contributed by atoms with Gasteiger partial charge in [-0.1, -0.05) is 175 Å². The lowest BCUT2D eigenvalue weighted by Gasteiger charge is -2.50. The predicted octanol–water partition coefficient (Wildman–Crippen LogP) is 8.56. The highest BCUT2D eigenvalue weighted by atomic mass is 80.0. The first-order chi connectivity index (χ1) is 6.69. The van der Waals surface area contributed by atoms with E-state index in [9.17, 15) is 0 Å². The Balaban J connectivity index is 5.81. The molecule has 0 spiro atoms. The summed E-state index contributed by atoms with van der Waals surface area (Å²) in [7, 11) is 0. The molecule has 0 aromatic heterocycles. The molecule has 97 valence electrons. The Morgan fingerprint density at radius 3 is 0.875 bits per heavy atom. The van der Waals surface area contributed by atoms with Crippen LogP contribution in [0.5, 0.6) is 0 Å². The fourth-order valence-corrected chi connectivity index (χ4v) is 12.3. The van der Waals surface area contributed by atoms with Gasteiger partial charge in [0.2, 0.25) is 0 Å². The Hall–Kier alpha value is 5.28. The molecule has 0 aromatic rings. The lowest BCUT2D eigenvalue weighted by atomic mass is 10.1. The minimum Gasteiger partial charge on any atom is -0.0758 e. The fourth-order valence-electron chi connectivity index (χ4n) is 0.647. The molecule has 0 aliphatic carbocycles. The first kappa shape index (κ1) is 21.3. The lowest BCUT2D eigenvalue weighted by Crippen LogP contribution is -2.58. The van der Waals surface area contributed by atoms with E-state index in [1.54, 1.807) is 0 Å². The van der Waals surface area contributed by atoms with Crippen LogP contribution in [-0.2, 0) is 0 Å². The van der Waals surface area contributed by atoms with Crippen molar-refractivity contribution in [2.24, 2.45) is 0 Å². The van der Waals surface area contributed by atoms with Gasteiger partial charge in [0.1, 0.15) is 11.3 Å². The molecule has 0 atom stereocenters. The summed E-state index contributed by atoms with van der Waals surface area (Å²) in [5.74, 6) is 0. The van der Waals surface area contributed by atoms with Crippen molar-refractivity contribution >= 4 is 175 Å². The van der Waals surface area contributed by atoms with Gasteiger partial charge in [-0.2, -0.15) is 0 Å². The molecular weight excluding hydrogens is 939 g/mol. The summed E-state index contributed by atoms with van der Waals surface area (Å²) in [6.45, 7) is 0. The Labute approximate surface area is 187 Å². The smallest absolute Gasteiger partial charge is 0.0758 e. The van der Waals surface area contributed by atoms with Gasteiger partial charge in [0.25, 0.3) is 0 Å². The molecule has 0 aliphatic heterocycles. The first-order valence-electron chi connectivity index (χ1n) is 3.08. The van der Waals surface area contributed by atoms with Crippen LogP contribution in [0, 0.1) is 3.74 Å². The molecular formula is C5Br11. The number of alkyl halides is 9. The van der Waals surface area contributed by atoms with E-state index in [-0.39, 0.29) is 0 Å². The highest BCUT2D eigenvalue weighted by Gasteiger charge is 2.69. The first-order valence-corrected chi connectivity index (χ1v) is 11.8. The van der Waals surface area contributed by atoms with Crippen molar-refractivity contribution in [2.45, 2.75) is 11.8 Å². The molecule has 0 fully saturated rings. The van der Waals surface area contributed by atoms with Crippen LogP contribution >= 0.6 is 175 Å². The topological polar surface area (TPSA) is 0 Å². The zero-order valence-corrected chi connectivity index (χ0v) is 24.1. The maximum Gasteiger partial charge on any atom is 0.155 e. The van der Waals surface area contributed by atoms with Crippen LogP contribution in [0.2, 0.25) is 0 Å². The largest absolute Gasteiger partial charge is 0.155 e. The molecule has 0 bridgehead atoms. The number of hydrogen-bond acceptors (Lipinski definition) is 0. The Bertz CT molecular complexity index is 230. The minimum atomic E-state index is -0.692. The minimum absolute atomic E-state index is 0.656.